The first-order chi connectivity index (χ1) is 13.8. The maximum Gasteiger partial charge on any atom is 0.250 e. The molecule has 7 nitrogen and oxygen atoms in total. The first-order valence-corrected chi connectivity index (χ1v) is 10.7. The first kappa shape index (κ1) is 17.6. The number of piperidine rings is 1. The molecule has 1 saturated heterocycles. The molecule has 3 aliphatic rings. The highest BCUT2D eigenvalue weighted by Gasteiger charge is 2.48. The molecular formula is C21H28N6O. The van der Waals surface area contributed by atoms with Gasteiger partial charge in [0, 0.05) is 25.0 Å². The van der Waals surface area contributed by atoms with Gasteiger partial charge in [-0.1, -0.05) is 42.6 Å². The predicted octanol–water partition coefficient (Wildman–Crippen LogP) is 2.57. The Morgan fingerprint density at radius 2 is 1.89 bits per heavy atom. The van der Waals surface area contributed by atoms with Crippen LogP contribution in [0.5, 0.6) is 0 Å². The smallest absolute Gasteiger partial charge is 0.250 e. The predicted molar refractivity (Wildman–Crippen MR) is 106 cm³/mol. The second kappa shape index (κ2) is 7.53. The van der Waals surface area contributed by atoms with Crippen LogP contribution in [0.2, 0.25) is 0 Å². The van der Waals surface area contributed by atoms with E-state index in [-0.39, 0.29) is 11.8 Å². The molecule has 2 aliphatic carbocycles. The highest BCUT2D eigenvalue weighted by Crippen LogP contribution is 2.46. The molecule has 0 spiro atoms. The number of fused-ring (bicyclic) bond motifs is 1. The summed E-state index contributed by atoms with van der Waals surface area (Å²) in [6, 6.07) is 10.4. The van der Waals surface area contributed by atoms with Gasteiger partial charge in [-0.2, -0.15) is 4.68 Å². The van der Waals surface area contributed by atoms with Crippen molar-refractivity contribution in [1.29, 1.82) is 0 Å². The quantitative estimate of drug-likeness (QED) is 0.882. The van der Waals surface area contributed by atoms with E-state index in [0.717, 1.165) is 50.4 Å². The second-order valence-electron chi connectivity index (χ2n) is 8.57. The van der Waals surface area contributed by atoms with Gasteiger partial charge in [-0.25, -0.2) is 0 Å². The number of hydrogen-bond donors (Lipinski definition) is 1. The van der Waals surface area contributed by atoms with Crippen LogP contribution in [0.3, 0.4) is 0 Å². The van der Waals surface area contributed by atoms with E-state index in [1.165, 1.54) is 19.3 Å². The highest BCUT2D eigenvalue weighted by molar-refractivity contribution is 5.80. The van der Waals surface area contributed by atoms with Crippen LogP contribution in [0.4, 0.5) is 5.95 Å². The Labute approximate surface area is 165 Å². The highest BCUT2D eigenvalue weighted by atomic mass is 16.2. The van der Waals surface area contributed by atoms with Crippen LogP contribution in [0.1, 0.15) is 44.9 Å². The number of para-hydroxylation sites is 1. The number of anilines is 1. The van der Waals surface area contributed by atoms with Crippen molar-refractivity contribution in [3.8, 4) is 5.69 Å². The Bertz CT molecular complexity index is 815. The minimum Gasteiger partial charge on any atom is -0.353 e. The molecule has 3 fully saturated rings. The average Bonchev–Trinajstić information content (AvgIpc) is 3.20. The topological polar surface area (TPSA) is 75.9 Å². The lowest BCUT2D eigenvalue weighted by atomic mass is 9.61. The molecule has 3 atom stereocenters. The normalized spacial score (nSPS) is 27.7. The van der Waals surface area contributed by atoms with E-state index in [2.05, 4.69) is 25.7 Å². The van der Waals surface area contributed by atoms with Gasteiger partial charge in [0.25, 0.3) is 0 Å². The van der Waals surface area contributed by atoms with Crippen molar-refractivity contribution in [2.75, 3.05) is 18.0 Å². The van der Waals surface area contributed by atoms with Crippen molar-refractivity contribution in [3.63, 3.8) is 0 Å². The van der Waals surface area contributed by atoms with Gasteiger partial charge in [-0.3, -0.25) is 4.79 Å². The molecule has 2 aromatic rings. The molecule has 1 N–H and O–H groups in total. The van der Waals surface area contributed by atoms with Crippen LogP contribution in [-0.2, 0) is 4.79 Å². The molecule has 28 heavy (non-hydrogen) atoms. The van der Waals surface area contributed by atoms with Gasteiger partial charge in [0.05, 0.1) is 5.69 Å². The van der Waals surface area contributed by atoms with Gasteiger partial charge in [0.1, 0.15) is 0 Å². The molecule has 148 valence electrons. The van der Waals surface area contributed by atoms with Crippen LogP contribution >= 0.6 is 0 Å². The summed E-state index contributed by atoms with van der Waals surface area (Å²) in [5.74, 6) is 2.29. The first-order valence-electron chi connectivity index (χ1n) is 10.7. The number of rotatable bonds is 4. The van der Waals surface area contributed by atoms with Crippen molar-refractivity contribution >= 4 is 11.9 Å². The molecule has 7 heteroatoms. The Kier molecular flexibility index (Phi) is 4.74. The summed E-state index contributed by atoms with van der Waals surface area (Å²) in [6.07, 6.45) is 8.25. The SMILES string of the molecule is O=C(NC1CCCCC1)[C@@H]1C[C@H]2CCN(c3nnnn3-c3ccccc3)C[C@H]21. The van der Waals surface area contributed by atoms with Crippen molar-refractivity contribution < 1.29 is 4.79 Å². The summed E-state index contributed by atoms with van der Waals surface area (Å²) in [6.45, 7) is 1.81. The lowest BCUT2D eigenvalue weighted by Crippen LogP contribution is -2.56. The Balaban J connectivity index is 1.26. The molecule has 0 unspecified atom stereocenters. The van der Waals surface area contributed by atoms with E-state index in [9.17, 15) is 4.79 Å². The molecule has 1 amide bonds. The average molecular weight is 380 g/mol. The number of amides is 1. The summed E-state index contributed by atoms with van der Waals surface area (Å²) in [5.41, 5.74) is 0.963. The Hall–Kier alpha value is -2.44. The molecule has 1 aromatic carbocycles. The van der Waals surface area contributed by atoms with E-state index >= 15 is 0 Å². The van der Waals surface area contributed by atoms with Gasteiger partial charge in [0.15, 0.2) is 0 Å². The zero-order valence-corrected chi connectivity index (χ0v) is 16.2. The van der Waals surface area contributed by atoms with Crippen molar-refractivity contribution in [3.05, 3.63) is 30.3 Å². The lowest BCUT2D eigenvalue weighted by Gasteiger charge is -2.50. The number of carbonyl (C=O) groups excluding carboxylic acids is 1. The molecule has 1 aliphatic heterocycles. The van der Waals surface area contributed by atoms with E-state index in [0.29, 0.717) is 17.9 Å². The number of tetrazole rings is 1. The van der Waals surface area contributed by atoms with Gasteiger partial charge >= 0.3 is 0 Å². The number of hydrogen-bond acceptors (Lipinski definition) is 5. The number of nitrogens with zero attached hydrogens (tertiary/aromatic N) is 5. The van der Waals surface area contributed by atoms with Gasteiger partial charge in [-0.05, 0) is 60.1 Å². The van der Waals surface area contributed by atoms with Crippen LogP contribution in [0, 0.1) is 17.8 Å². The zero-order chi connectivity index (χ0) is 18.9. The third kappa shape index (κ3) is 3.27. The molecule has 5 rings (SSSR count). The summed E-state index contributed by atoms with van der Waals surface area (Å²) < 4.78 is 1.80. The standard InChI is InChI=1S/C21H28N6O/c28-20(22-16-7-3-1-4-8-16)18-13-15-11-12-26(14-19(15)18)21-23-24-25-27(21)17-9-5-2-6-10-17/h2,5-6,9-10,15-16,18-19H,1,3-4,7-8,11-14H2,(H,22,28)/t15-,18-,19-/m1/s1. The van der Waals surface area contributed by atoms with E-state index in [1.54, 1.807) is 4.68 Å². The third-order valence-corrected chi connectivity index (χ3v) is 6.91. The second-order valence-corrected chi connectivity index (χ2v) is 8.57. The monoisotopic (exact) mass is 380 g/mol. The largest absolute Gasteiger partial charge is 0.353 e. The third-order valence-electron chi connectivity index (χ3n) is 6.91. The fourth-order valence-corrected chi connectivity index (χ4v) is 5.24. The molecular weight excluding hydrogens is 352 g/mol. The molecule has 2 heterocycles. The summed E-state index contributed by atoms with van der Waals surface area (Å²) in [5, 5.41) is 15.7. The van der Waals surface area contributed by atoms with Gasteiger partial charge < -0.3 is 10.2 Å². The minimum absolute atomic E-state index is 0.149. The van der Waals surface area contributed by atoms with E-state index < -0.39 is 0 Å². The van der Waals surface area contributed by atoms with Crippen LogP contribution in [0.25, 0.3) is 5.69 Å². The summed E-state index contributed by atoms with van der Waals surface area (Å²) >= 11 is 0. The minimum atomic E-state index is 0.149. The van der Waals surface area contributed by atoms with Crippen LogP contribution in [-0.4, -0.2) is 45.2 Å². The summed E-state index contributed by atoms with van der Waals surface area (Å²) in [7, 11) is 0. The Morgan fingerprint density at radius 3 is 2.71 bits per heavy atom. The van der Waals surface area contributed by atoms with Gasteiger partial charge in [-0.15, -0.1) is 0 Å². The number of benzene rings is 1. The fraction of sp³-hybridized carbons (Fsp3) is 0.619. The molecule has 2 saturated carbocycles. The van der Waals surface area contributed by atoms with Crippen LogP contribution < -0.4 is 10.2 Å². The van der Waals surface area contributed by atoms with Crippen LogP contribution in [0.15, 0.2) is 30.3 Å². The Morgan fingerprint density at radius 1 is 1.07 bits per heavy atom. The number of carbonyl (C=O) groups is 1. The molecule has 1 aromatic heterocycles. The number of nitrogens with one attached hydrogen (secondary N) is 1. The maximum atomic E-state index is 12.9. The van der Waals surface area contributed by atoms with E-state index in [4.69, 9.17) is 0 Å². The number of aromatic nitrogens is 4. The molecule has 0 bridgehead atoms. The zero-order valence-electron chi connectivity index (χ0n) is 16.2. The lowest BCUT2D eigenvalue weighted by molar-refractivity contribution is -0.135. The van der Waals surface area contributed by atoms with Crippen molar-refractivity contribution in [2.24, 2.45) is 17.8 Å². The van der Waals surface area contributed by atoms with Crippen molar-refractivity contribution in [1.82, 2.24) is 25.5 Å². The van der Waals surface area contributed by atoms with Crippen molar-refractivity contribution in [2.45, 2.75) is 51.0 Å². The van der Waals surface area contributed by atoms with Gasteiger partial charge in [0.2, 0.25) is 11.9 Å². The fourth-order valence-electron chi connectivity index (χ4n) is 5.24. The van der Waals surface area contributed by atoms with E-state index in [1.807, 2.05) is 30.3 Å². The maximum absolute atomic E-state index is 12.9. The molecule has 0 radical (unpaired) electrons. The summed E-state index contributed by atoms with van der Waals surface area (Å²) in [4.78, 5) is 15.1.